The number of aliphatic hydroxyl groups excluding tert-OH is 4. The van der Waals surface area contributed by atoms with Gasteiger partial charge in [0.2, 0.25) is 6.29 Å². The number of aliphatic hydroxyl groups is 5. The van der Waals surface area contributed by atoms with Gasteiger partial charge < -0.3 is 49.2 Å². The fraction of sp³-hybridized carbons (Fsp3) is 0.375. The van der Waals surface area contributed by atoms with Crippen molar-refractivity contribution in [1.29, 1.82) is 0 Å². The number of benzene rings is 2. The summed E-state index contributed by atoms with van der Waals surface area (Å²) >= 11 is 0. The molecule has 1 aliphatic heterocycles. The van der Waals surface area contributed by atoms with E-state index >= 15 is 0 Å². The van der Waals surface area contributed by atoms with Crippen LogP contribution in [0.4, 0.5) is 0 Å². The van der Waals surface area contributed by atoms with Gasteiger partial charge >= 0.3 is 5.97 Å². The predicted octanol–water partition coefficient (Wildman–Crippen LogP) is -0.121. The molecule has 3 rings (SSSR count). The lowest BCUT2D eigenvalue weighted by Crippen LogP contribution is -2.60. The fourth-order valence-corrected chi connectivity index (χ4v) is 3.40. The Morgan fingerprint density at radius 3 is 2.37 bits per heavy atom. The number of hydrogen-bond donors (Lipinski definition) is 5. The smallest absolute Gasteiger partial charge is 0.376 e. The third-order valence-corrected chi connectivity index (χ3v) is 5.45. The minimum atomic E-state index is -2.49. The highest BCUT2D eigenvalue weighted by Crippen LogP contribution is 2.35. The molecular formula is C24H28O11. The molecule has 1 saturated heterocycles. The summed E-state index contributed by atoms with van der Waals surface area (Å²) in [5, 5.41) is 50.3. The van der Waals surface area contributed by atoms with Crippen molar-refractivity contribution in [2.45, 2.75) is 36.5 Å². The molecule has 2 aromatic rings. The van der Waals surface area contributed by atoms with E-state index in [1.165, 1.54) is 31.4 Å². The second-order valence-corrected chi connectivity index (χ2v) is 7.65. The molecule has 6 atom stereocenters. The van der Waals surface area contributed by atoms with E-state index < -0.39 is 49.1 Å². The average molecular weight is 492 g/mol. The van der Waals surface area contributed by atoms with Crippen molar-refractivity contribution in [3.05, 3.63) is 65.9 Å². The molecule has 2 aromatic carbocycles. The van der Waals surface area contributed by atoms with Crippen LogP contribution in [0, 0.1) is 0 Å². The zero-order valence-electron chi connectivity index (χ0n) is 19.1. The number of carbonyl (C=O) groups excluding carboxylic acids is 1. The van der Waals surface area contributed by atoms with Crippen molar-refractivity contribution in [2.24, 2.45) is 0 Å². The topological polar surface area (TPSA) is 164 Å². The van der Waals surface area contributed by atoms with Gasteiger partial charge in [0.05, 0.1) is 20.0 Å². The van der Waals surface area contributed by atoms with Gasteiger partial charge in [-0.05, 0) is 29.8 Å². The first-order valence-corrected chi connectivity index (χ1v) is 10.6. The van der Waals surface area contributed by atoms with E-state index in [2.05, 4.69) is 0 Å². The number of ether oxygens (including phenoxy) is 5. The van der Waals surface area contributed by atoms with Gasteiger partial charge in [0, 0.05) is 12.7 Å². The number of esters is 1. The summed E-state index contributed by atoms with van der Waals surface area (Å²) in [7, 11) is 2.42. The van der Waals surface area contributed by atoms with Gasteiger partial charge in [-0.15, -0.1) is 0 Å². The molecule has 0 radical (unpaired) electrons. The Balaban J connectivity index is 1.78. The van der Waals surface area contributed by atoms with E-state index in [-0.39, 0.29) is 17.1 Å². The second-order valence-electron chi connectivity index (χ2n) is 7.65. The molecule has 0 bridgehead atoms. The Labute approximate surface area is 201 Å². The molecule has 5 N–H and O–H groups in total. The Hall–Kier alpha value is -3.03. The zero-order valence-corrected chi connectivity index (χ0v) is 19.1. The summed E-state index contributed by atoms with van der Waals surface area (Å²) in [6.45, 7) is -0.622. The van der Waals surface area contributed by atoms with Crippen LogP contribution in [0.1, 0.15) is 11.1 Å². The number of hydrogen-bond acceptors (Lipinski definition) is 11. The summed E-state index contributed by atoms with van der Waals surface area (Å²) in [6, 6.07) is 12.9. The Kier molecular flexibility index (Phi) is 8.81. The summed E-state index contributed by atoms with van der Waals surface area (Å²) < 4.78 is 26.3. The third-order valence-electron chi connectivity index (χ3n) is 5.45. The van der Waals surface area contributed by atoms with Crippen LogP contribution in [0.5, 0.6) is 11.5 Å². The monoisotopic (exact) mass is 492 g/mol. The summed E-state index contributed by atoms with van der Waals surface area (Å²) in [4.78, 5) is 12.6. The van der Waals surface area contributed by atoms with Crippen molar-refractivity contribution in [3.8, 4) is 11.5 Å². The SMILES string of the molecule is COc1cc(C(O)(OC)C(=O)OC=Cc2ccccc2)ccc1OC1OC(CO)C(O)C(O)C1O. The minimum Gasteiger partial charge on any atom is -0.493 e. The minimum absolute atomic E-state index is 0.0105. The van der Waals surface area contributed by atoms with Crippen LogP contribution < -0.4 is 9.47 Å². The summed E-state index contributed by atoms with van der Waals surface area (Å²) in [6.07, 6.45) is -4.78. The van der Waals surface area contributed by atoms with Gasteiger partial charge in [-0.3, -0.25) is 0 Å². The van der Waals surface area contributed by atoms with Crippen molar-refractivity contribution < 1.29 is 54.0 Å². The average Bonchev–Trinajstić information content (AvgIpc) is 2.89. The van der Waals surface area contributed by atoms with E-state index in [1.807, 2.05) is 18.2 Å². The highest BCUT2D eigenvalue weighted by atomic mass is 16.7. The Morgan fingerprint density at radius 1 is 1.03 bits per heavy atom. The van der Waals surface area contributed by atoms with Crippen molar-refractivity contribution >= 4 is 12.0 Å². The Morgan fingerprint density at radius 2 is 1.74 bits per heavy atom. The molecule has 35 heavy (non-hydrogen) atoms. The van der Waals surface area contributed by atoms with E-state index in [0.717, 1.165) is 18.9 Å². The molecule has 0 aromatic heterocycles. The highest BCUT2D eigenvalue weighted by Gasteiger charge is 2.45. The number of methoxy groups -OCH3 is 2. The first kappa shape index (κ1) is 26.6. The highest BCUT2D eigenvalue weighted by molar-refractivity contribution is 5.80. The number of carbonyl (C=O) groups is 1. The van der Waals surface area contributed by atoms with E-state index in [4.69, 9.17) is 23.7 Å². The van der Waals surface area contributed by atoms with E-state index in [9.17, 15) is 30.3 Å². The number of rotatable bonds is 9. The Bertz CT molecular complexity index is 1010. The normalized spacial score (nSPS) is 26.2. The van der Waals surface area contributed by atoms with Crippen LogP contribution in [0.3, 0.4) is 0 Å². The van der Waals surface area contributed by atoms with Gasteiger partial charge in [-0.1, -0.05) is 30.3 Å². The molecule has 6 unspecified atom stereocenters. The van der Waals surface area contributed by atoms with Gasteiger partial charge in [0.1, 0.15) is 24.4 Å². The summed E-state index contributed by atoms with van der Waals surface area (Å²) in [5.41, 5.74) is 0.730. The van der Waals surface area contributed by atoms with Crippen molar-refractivity contribution in [2.75, 3.05) is 20.8 Å². The molecule has 0 spiro atoms. The molecule has 0 saturated carbocycles. The second kappa shape index (κ2) is 11.6. The maximum Gasteiger partial charge on any atom is 0.376 e. The largest absolute Gasteiger partial charge is 0.493 e. The van der Waals surface area contributed by atoms with Gasteiger partial charge in [-0.2, -0.15) is 0 Å². The molecular weight excluding hydrogens is 464 g/mol. The van der Waals surface area contributed by atoms with Gasteiger partial charge in [-0.25, -0.2) is 4.79 Å². The van der Waals surface area contributed by atoms with Gasteiger partial charge in [0.25, 0.3) is 5.79 Å². The van der Waals surface area contributed by atoms with Crippen LogP contribution in [-0.4, -0.2) is 83.0 Å². The third kappa shape index (κ3) is 5.80. The maximum atomic E-state index is 12.6. The van der Waals surface area contributed by atoms with E-state index in [1.54, 1.807) is 12.1 Å². The zero-order chi connectivity index (χ0) is 25.6. The molecule has 1 aliphatic rings. The quantitative estimate of drug-likeness (QED) is 0.180. The van der Waals surface area contributed by atoms with Crippen molar-refractivity contribution in [1.82, 2.24) is 0 Å². The molecule has 0 amide bonds. The lowest BCUT2D eigenvalue weighted by molar-refractivity contribution is -0.277. The first-order chi connectivity index (χ1) is 16.7. The predicted molar refractivity (Wildman–Crippen MR) is 120 cm³/mol. The molecule has 190 valence electrons. The van der Waals surface area contributed by atoms with Crippen LogP contribution in [0.15, 0.2) is 54.8 Å². The first-order valence-electron chi connectivity index (χ1n) is 10.6. The van der Waals surface area contributed by atoms with E-state index in [0.29, 0.717) is 0 Å². The lowest BCUT2D eigenvalue weighted by atomic mass is 9.99. The molecule has 0 aliphatic carbocycles. The van der Waals surface area contributed by atoms with Crippen LogP contribution in [0.25, 0.3) is 6.08 Å². The van der Waals surface area contributed by atoms with Crippen LogP contribution in [-0.2, 0) is 24.8 Å². The standard InChI is InChI=1S/C24H28O11/c1-31-17-12-15(24(30,32-2)23(29)33-11-10-14-6-4-3-5-7-14)8-9-16(17)34-22-21(28)20(27)19(26)18(13-25)35-22/h3-12,18-22,25-28,30H,13H2,1-2H3. The van der Waals surface area contributed by atoms with Gasteiger partial charge in [0.15, 0.2) is 11.5 Å². The molecule has 1 fully saturated rings. The molecule has 11 nitrogen and oxygen atoms in total. The van der Waals surface area contributed by atoms with Crippen LogP contribution in [0.2, 0.25) is 0 Å². The molecule has 1 heterocycles. The molecule has 11 heteroatoms. The fourth-order valence-electron chi connectivity index (χ4n) is 3.40. The lowest BCUT2D eigenvalue weighted by Gasteiger charge is -2.39. The maximum absolute atomic E-state index is 12.6. The van der Waals surface area contributed by atoms with Crippen molar-refractivity contribution in [3.63, 3.8) is 0 Å². The van der Waals surface area contributed by atoms with Crippen LogP contribution >= 0.6 is 0 Å². The summed E-state index contributed by atoms with van der Waals surface area (Å²) in [5.74, 6) is -3.58.